The molecule has 0 unspecified atom stereocenters. The number of rotatable bonds is 8. The maximum Gasteiger partial charge on any atom is 0.252 e. The van der Waals surface area contributed by atoms with Crippen LogP contribution in [-0.2, 0) is 16.2 Å². The number of hydrogen-bond acceptors (Lipinski definition) is 2. The van der Waals surface area contributed by atoms with E-state index in [2.05, 4.69) is 374 Å². The molecule has 4 heterocycles. The molecule has 0 saturated heterocycles. The van der Waals surface area contributed by atoms with Gasteiger partial charge in [0.2, 0.25) is 0 Å². The van der Waals surface area contributed by atoms with Crippen LogP contribution in [0.5, 0.6) is 0 Å². The Bertz CT molecular complexity index is 5240. The van der Waals surface area contributed by atoms with Crippen LogP contribution in [0.4, 0.5) is 34.1 Å². The Labute approximate surface area is 571 Å². The molecule has 0 N–H and O–H groups in total. The maximum atomic E-state index is 2.74. The number of benzene rings is 13. The molecule has 2 aliphatic rings. The number of aromatic nitrogens is 2. The van der Waals surface area contributed by atoms with E-state index in [4.69, 9.17) is 0 Å². The van der Waals surface area contributed by atoms with Gasteiger partial charge in [0.1, 0.15) is 0 Å². The van der Waals surface area contributed by atoms with Crippen molar-refractivity contribution in [3.05, 3.63) is 307 Å². The van der Waals surface area contributed by atoms with Gasteiger partial charge in [0.05, 0.1) is 44.8 Å². The summed E-state index contributed by atoms with van der Waals surface area (Å²) < 4.78 is 5.08. The van der Waals surface area contributed by atoms with E-state index < -0.39 is 0 Å². The first kappa shape index (κ1) is 59.8. The summed E-state index contributed by atoms with van der Waals surface area (Å²) in [6.45, 7) is 26.0. The van der Waals surface area contributed by atoms with Crippen LogP contribution in [0.2, 0.25) is 0 Å². The Hall–Kier alpha value is -10.9. The molecule has 0 fully saturated rings. The van der Waals surface area contributed by atoms with Crippen LogP contribution in [0.3, 0.4) is 0 Å². The molecule has 2 aromatic heterocycles. The molecule has 15 aromatic rings. The van der Waals surface area contributed by atoms with Crippen molar-refractivity contribution in [1.82, 2.24) is 9.13 Å². The third kappa shape index (κ3) is 9.63. The van der Waals surface area contributed by atoms with E-state index in [1.165, 1.54) is 155 Å². The monoisotopic (exact) mass is 1250 g/mol. The highest BCUT2D eigenvalue weighted by molar-refractivity contribution is 7.00. The molecule has 2 aliphatic heterocycles. The number of hydrogen-bond donors (Lipinski definition) is 0. The lowest BCUT2D eigenvalue weighted by Crippen LogP contribution is -2.62. The van der Waals surface area contributed by atoms with Gasteiger partial charge in [0.25, 0.3) is 6.71 Å². The lowest BCUT2D eigenvalue weighted by atomic mass is 9.33. The number of para-hydroxylation sites is 4. The first-order valence-electron chi connectivity index (χ1n) is 34.5. The van der Waals surface area contributed by atoms with Gasteiger partial charge in [-0.05, 0) is 180 Å². The lowest BCUT2D eigenvalue weighted by molar-refractivity contribution is 0.590. The predicted octanol–water partition coefficient (Wildman–Crippen LogP) is 23.1. The van der Waals surface area contributed by atoms with Gasteiger partial charge in [-0.1, -0.05) is 269 Å². The van der Waals surface area contributed by atoms with Crippen LogP contribution in [0, 0.1) is 13.8 Å². The molecule has 0 radical (unpaired) electrons. The second kappa shape index (κ2) is 22.4. The molecule has 17 rings (SSSR count). The summed E-state index contributed by atoms with van der Waals surface area (Å²) in [6.07, 6.45) is 0. The highest BCUT2D eigenvalue weighted by Gasteiger charge is 2.47. The molecular formula is C92H79BN4. The van der Waals surface area contributed by atoms with Crippen molar-refractivity contribution in [3.63, 3.8) is 0 Å². The van der Waals surface area contributed by atoms with Gasteiger partial charge in [-0.3, -0.25) is 0 Å². The minimum absolute atomic E-state index is 0.180. The molecule has 0 atom stereocenters. The third-order valence-corrected chi connectivity index (χ3v) is 21.1. The van der Waals surface area contributed by atoms with E-state index in [9.17, 15) is 0 Å². The van der Waals surface area contributed by atoms with Gasteiger partial charge < -0.3 is 18.9 Å². The normalized spacial score (nSPS) is 13.0. The Morgan fingerprint density at radius 2 is 0.577 bits per heavy atom. The molecule has 0 amide bonds. The van der Waals surface area contributed by atoms with Crippen molar-refractivity contribution >= 4 is 101 Å². The van der Waals surface area contributed by atoms with Gasteiger partial charge >= 0.3 is 0 Å². The molecule has 0 aliphatic carbocycles. The van der Waals surface area contributed by atoms with E-state index >= 15 is 0 Å². The molecule has 0 saturated carbocycles. The molecule has 0 spiro atoms. The van der Waals surface area contributed by atoms with E-state index in [1.807, 2.05) is 0 Å². The van der Waals surface area contributed by atoms with Crippen molar-refractivity contribution in [1.29, 1.82) is 0 Å². The summed E-state index contributed by atoms with van der Waals surface area (Å²) in [5, 5.41) is 4.97. The van der Waals surface area contributed by atoms with Crippen LogP contribution in [0.25, 0.3) is 99.5 Å². The smallest absolute Gasteiger partial charge is 0.252 e. The number of nitrogens with zero attached hydrogens (tertiary/aromatic N) is 4. The quantitative estimate of drug-likeness (QED) is 0.141. The standard InChI is InChI=1S/C92H79BN4/c1-58-77(94-79-40-22-18-36-71(79)72-37-19-23-41-80(72)94)50-48-75-88(58)96(83-54-66(90(3,4)5)44-46-69(83)64-34-26-32-62(52-64)60-28-14-12-15-29-60)85-56-68(92(9,10)11)57-86-87(85)93(75)76-49-51-78(95-81-42-24-20-38-73(81)74-39-21-25-43-82(74)95)59(2)89(76)97(86)84-55-67(91(6,7)8)45-47-70(84)65-35-27-33-63(53-65)61-30-16-13-17-31-61/h12-57H,1-11H3. The molecule has 5 heteroatoms. The van der Waals surface area contributed by atoms with E-state index in [1.54, 1.807) is 0 Å². The fourth-order valence-electron chi connectivity index (χ4n) is 16.1. The summed E-state index contributed by atoms with van der Waals surface area (Å²) >= 11 is 0. The highest BCUT2D eigenvalue weighted by atomic mass is 15.2. The zero-order chi connectivity index (χ0) is 66.4. The molecule has 470 valence electrons. The summed E-state index contributed by atoms with van der Waals surface area (Å²) in [6, 6.07) is 106. The summed E-state index contributed by atoms with van der Waals surface area (Å²) in [7, 11) is 0. The van der Waals surface area contributed by atoms with E-state index in [0.29, 0.717) is 0 Å². The van der Waals surface area contributed by atoms with Crippen molar-refractivity contribution < 1.29 is 0 Å². The van der Waals surface area contributed by atoms with Crippen LogP contribution in [0.1, 0.15) is 90.1 Å². The van der Waals surface area contributed by atoms with Gasteiger partial charge in [-0.25, -0.2) is 0 Å². The molecule has 0 bridgehead atoms. The Balaban J connectivity index is 1.04. The Morgan fingerprint density at radius 3 is 0.938 bits per heavy atom. The van der Waals surface area contributed by atoms with Crippen LogP contribution in [0.15, 0.2) is 279 Å². The second-order valence-electron chi connectivity index (χ2n) is 30.2. The summed E-state index contributed by atoms with van der Waals surface area (Å²) in [5.74, 6) is 0. The van der Waals surface area contributed by atoms with Gasteiger partial charge in [0, 0.05) is 55.4 Å². The van der Waals surface area contributed by atoms with Gasteiger partial charge in [0.15, 0.2) is 0 Å². The van der Waals surface area contributed by atoms with Gasteiger partial charge in [-0.15, -0.1) is 0 Å². The molecule has 4 nitrogen and oxygen atoms in total. The summed E-state index contributed by atoms with van der Waals surface area (Å²) in [5.41, 5.74) is 33.0. The zero-order valence-electron chi connectivity index (χ0n) is 57.4. The topological polar surface area (TPSA) is 16.3 Å². The number of anilines is 6. The van der Waals surface area contributed by atoms with Crippen LogP contribution >= 0.6 is 0 Å². The van der Waals surface area contributed by atoms with E-state index in [0.717, 1.165) is 22.7 Å². The van der Waals surface area contributed by atoms with Crippen molar-refractivity contribution in [3.8, 4) is 55.9 Å². The van der Waals surface area contributed by atoms with E-state index in [-0.39, 0.29) is 23.0 Å². The second-order valence-corrected chi connectivity index (χ2v) is 30.2. The fourth-order valence-corrected chi connectivity index (χ4v) is 16.1. The predicted molar refractivity (Wildman–Crippen MR) is 416 cm³/mol. The maximum absolute atomic E-state index is 2.74. The molecule has 13 aromatic carbocycles. The first-order chi connectivity index (χ1) is 46.9. The molecular weight excluding hydrogens is 1170 g/mol. The Morgan fingerprint density at radius 1 is 0.258 bits per heavy atom. The minimum atomic E-state index is -0.293. The highest BCUT2D eigenvalue weighted by Crippen LogP contribution is 2.54. The third-order valence-electron chi connectivity index (χ3n) is 21.1. The Kier molecular flexibility index (Phi) is 13.8. The van der Waals surface area contributed by atoms with Crippen LogP contribution in [-0.4, -0.2) is 15.8 Å². The molecule has 97 heavy (non-hydrogen) atoms. The van der Waals surface area contributed by atoms with Crippen LogP contribution < -0.4 is 26.2 Å². The van der Waals surface area contributed by atoms with Crippen molar-refractivity contribution in [2.75, 3.05) is 9.80 Å². The fraction of sp³-hybridized carbons (Fsp3) is 0.152. The largest absolute Gasteiger partial charge is 0.310 e. The van der Waals surface area contributed by atoms with Crippen molar-refractivity contribution in [2.45, 2.75) is 92.4 Å². The van der Waals surface area contributed by atoms with Crippen molar-refractivity contribution in [2.24, 2.45) is 0 Å². The minimum Gasteiger partial charge on any atom is -0.310 e. The zero-order valence-corrected chi connectivity index (χ0v) is 57.4. The van der Waals surface area contributed by atoms with Gasteiger partial charge in [-0.2, -0.15) is 0 Å². The summed E-state index contributed by atoms with van der Waals surface area (Å²) in [4.78, 5) is 5.48. The lowest BCUT2D eigenvalue weighted by Gasteiger charge is -2.47. The SMILES string of the molecule is Cc1c(-n2c3ccccc3c3ccccc32)ccc2c1N(c1cc(C(C)(C)C)ccc1-c1cccc(-c3ccccc3)c1)c1cc(C(C)(C)C)cc3c1B2c1ccc(-n2c4ccccc4c4ccccc42)c(C)c1N3c1cc(C(C)(C)C)ccc1-c1cccc(-c2ccccc2)c1. The average Bonchev–Trinajstić information content (AvgIpc) is 0.979. The first-order valence-corrected chi connectivity index (χ1v) is 34.5. The average molecular weight is 1250 g/mol. The number of fused-ring (bicyclic) bond motifs is 10.